The van der Waals surface area contributed by atoms with Crippen LogP contribution in [0.4, 0.5) is 0 Å². The molecule has 0 heterocycles. The fourth-order valence-electron chi connectivity index (χ4n) is 1.77. The van der Waals surface area contributed by atoms with E-state index in [4.69, 9.17) is 4.74 Å². The van der Waals surface area contributed by atoms with Crippen LogP contribution in [-0.2, 0) is 11.3 Å². The van der Waals surface area contributed by atoms with E-state index in [-0.39, 0.29) is 24.0 Å². The summed E-state index contributed by atoms with van der Waals surface area (Å²) >= 11 is 1.76. The molecule has 0 fully saturated rings. The number of aliphatic imine (C=N–C) groups is 1. The fraction of sp³-hybridized carbons (Fsp3) is 0.562. The summed E-state index contributed by atoms with van der Waals surface area (Å²) in [6.45, 7) is 8.08. The molecule has 0 aromatic heterocycles. The molecule has 0 unspecified atom stereocenters. The predicted molar refractivity (Wildman–Crippen MR) is 108 cm³/mol. The van der Waals surface area contributed by atoms with Crippen molar-refractivity contribution >= 4 is 41.7 Å². The van der Waals surface area contributed by atoms with Gasteiger partial charge < -0.3 is 15.4 Å². The molecule has 1 aromatic carbocycles. The summed E-state index contributed by atoms with van der Waals surface area (Å²) < 4.78 is 5.32. The van der Waals surface area contributed by atoms with Gasteiger partial charge in [-0.2, -0.15) is 0 Å². The number of nitrogens with one attached hydrogen (secondary N) is 2. The van der Waals surface area contributed by atoms with Crippen LogP contribution in [0.1, 0.15) is 25.8 Å². The Morgan fingerprint density at radius 1 is 1.18 bits per heavy atom. The zero-order valence-electron chi connectivity index (χ0n) is 13.7. The second-order valence-electron chi connectivity index (χ2n) is 4.52. The van der Waals surface area contributed by atoms with Crippen LogP contribution in [0, 0.1) is 0 Å². The van der Waals surface area contributed by atoms with Crippen LogP contribution < -0.4 is 10.6 Å². The van der Waals surface area contributed by atoms with Crippen molar-refractivity contribution in [1.82, 2.24) is 10.6 Å². The molecule has 0 saturated carbocycles. The van der Waals surface area contributed by atoms with Crippen molar-refractivity contribution in [3.05, 3.63) is 29.8 Å². The van der Waals surface area contributed by atoms with E-state index in [9.17, 15) is 0 Å². The second-order valence-corrected chi connectivity index (χ2v) is 5.40. The third kappa shape index (κ3) is 9.53. The van der Waals surface area contributed by atoms with E-state index in [1.807, 2.05) is 6.92 Å². The van der Waals surface area contributed by atoms with Crippen molar-refractivity contribution in [1.29, 1.82) is 0 Å². The minimum atomic E-state index is 0. The maximum Gasteiger partial charge on any atom is 0.191 e. The lowest BCUT2D eigenvalue weighted by Crippen LogP contribution is -2.38. The lowest BCUT2D eigenvalue weighted by Gasteiger charge is -2.11. The Morgan fingerprint density at radius 3 is 2.50 bits per heavy atom. The number of rotatable bonds is 9. The van der Waals surface area contributed by atoms with Crippen LogP contribution in [-0.4, -0.2) is 38.5 Å². The maximum atomic E-state index is 5.32. The highest BCUT2D eigenvalue weighted by Gasteiger charge is 1.98. The maximum absolute atomic E-state index is 5.32. The van der Waals surface area contributed by atoms with Crippen molar-refractivity contribution in [2.75, 3.05) is 32.6 Å². The van der Waals surface area contributed by atoms with Gasteiger partial charge in [-0.15, -0.1) is 35.7 Å². The first kappa shape index (κ1) is 21.5. The predicted octanol–water partition coefficient (Wildman–Crippen LogP) is 3.51. The molecule has 0 saturated heterocycles. The van der Waals surface area contributed by atoms with Gasteiger partial charge in [0.15, 0.2) is 5.96 Å². The summed E-state index contributed by atoms with van der Waals surface area (Å²) in [6.07, 6.45) is 3.07. The summed E-state index contributed by atoms with van der Waals surface area (Å²) in [5, 5.41) is 6.59. The van der Waals surface area contributed by atoms with Crippen LogP contribution in [0.15, 0.2) is 34.2 Å². The van der Waals surface area contributed by atoms with Crippen molar-refractivity contribution in [2.24, 2.45) is 4.99 Å². The van der Waals surface area contributed by atoms with Gasteiger partial charge in [-0.25, -0.2) is 4.99 Å². The average molecular weight is 437 g/mol. The lowest BCUT2D eigenvalue weighted by molar-refractivity contribution is 0.145. The zero-order chi connectivity index (χ0) is 15.3. The molecule has 1 aromatic rings. The van der Waals surface area contributed by atoms with E-state index < -0.39 is 0 Å². The Kier molecular flexibility index (Phi) is 13.8. The number of thioether (sulfide) groups is 1. The summed E-state index contributed by atoms with van der Waals surface area (Å²) in [6, 6.07) is 8.54. The van der Waals surface area contributed by atoms with Gasteiger partial charge in [0.05, 0.1) is 6.54 Å². The highest BCUT2D eigenvalue weighted by atomic mass is 127. The van der Waals surface area contributed by atoms with Gasteiger partial charge in [-0.1, -0.05) is 12.1 Å². The quantitative estimate of drug-likeness (QED) is 0.204. The average Bonchev–Trinajstić information content (AvgIpc) is 2.52. The Bertz CT molecular complexity index is 412. The Hall–Kier alpha value is -0.470. The first-order valence-corrected chi connectivity index (χ1v) is 8.75. The van der Waals surface area contributed by atoms with Crippen LogP contribution in [0.2, 0.25) is 0 Å². The molecule has 1 rings (SSSR count). The summed E-state index contributed by atoms with van der Waals surface area (Å²) in [4.78, 5) is 5.89. The van der Waals surface area contributed by atoms with Crippen LogP contribution in [0.5, 0.6) is 0 Å². The topological polar surface area (TPSA) is 45.7 Å². The standard InChI is InChI=1S/C16H27N3OS.HI/c1-4-17-16(18-11-6-12-20-5-2)19-13-14-7-9-15(21-3)10-8-14;/h7-10H,4-6,11-13H2,1-3H3,(H2,17,18,19);1H. The van der Waals surface area contributed by atoms with Crippen LogP contribution in [0.3, 0.4) is 0 Å². The highest BCUT2D eigenvalue weighted by molar-refractivity contribution is 14.0. The molecule has 0 atom stereocenters. The van der Waals surface area contributed by atoms with E-state index in [0.29, 0.717) is 6.54 Å². The lowest BCUT2D eigenvalue weighted by atomic mass is 10.2. The van der Waals surface area contributed by atoms with Gasteiger partial charge in [0.25, 0.3) is 0 Å². The highest BCUT2D eigenvalue weighted by Crippen LogP contribution is 2.15. The van der Waals surface area contributed by atoms with E-state index in [2.05, 4.69) is 53.1 Å². The monoisotopic (exact) mass is 437 g/mol. The first-order valence-electron chi connectivity index (χ1n) is 7.53. The van der Waals surface area contributed by atoms with Crippen LogP contribution >= 0.6 is 35.7 Å². The van der Waals surface area contributed by atoms with Crippen molar-refractivity contribution < 1.29 is 4.74 Å². The molecule has 0 aliphatic rings. The van der Waals surface area contributed by atoms with E-state index in [1.165, 1.54) is 10.5 Å². The third-order valence-electron chi connectivity index (χ3n) is 2.89. The van der Waals surface area contributed by atoms with Gasteiger partial charge in [-0.3, -0.25) is 0 Å². The number of ether oxygens (including phenoxy) is 1. The molecule has 0 spiro atoms. The zero-order valence-corrected chi connectivity index (χ0v) is 16.9. The van der Waals surface area contributed by atoms with Crippen molar-refractivity contribution in [3.8, 4) is 0 Å². The largest absolute Gasteiger partial charge is 0.382 e. The van der Waals surface area contributed by atoms with Crippen LogP contribution in [0.25, 0.3) is 0 Å². The number of benzene rings is 1. The molecule has 0 aliphatic carbocycles. The number of guanidine groups is 1. The summed E-state index contributed by atoms with van der Waals surface area (Å²) in [5.74, 6) is 0.864. The van der Waals surface area contributed by atoms with Gasteiger partial charge in [0, 0.05) is 31.2 Å². The molecule has 2 N–H and O–H groups in total. The Morgan fingerprint density at radius 2 is 1.91 bits per heavy atom. The van der Waals surface area contributed by atoms with Gasteiger partial charge in [0.2, 0.25) is 0 Å². The minimum absolute atomic E-state index is 0. The summed E-state index contributed by atoms with van der Waals surface area (Å²) in [7, 11) is 0. The molecular formula is C16H28IN3OS. The summed E-state index contributed by atoms with van der Waals surface area (Å²) in [5.41, 5.74) is 1.22. The minimum Gasteiger partial charge on any atom is -0.382 e. The van der Waals surface area contributed by atoms with Gasteiger partial charge >= 0.3 is 0 Å². The van der Waals surface area contributed by atoms with Crippen molar-refractivity contribution in [3.63, 3.8) is 0 Å². The number of hydrogen-bond acceptors (Lipinski definition) is 3. The molecular weight excluding hydrogens is 409 g/mol. The number of nitrogens with zero attached hydrogens (tertiary/aromatic N) is 1. The second kappa shape index (κ2) is 14.1. The third-order valence-corrected chi connectivity index (χ3v) is 3.63. The number of halogens is 1. The molecule has 0 aliphatic heterocycles. The normalized spacial score (nSPS) is 11.0. The van der Waals surface area contributed by atoms with E-state index in [1.54, 1.807) is 11.8 Å². The smallest absolute Gasteiger partial charge is 0.191 e. The van der Waals surface area contributed by atoms with E-state index in [0.717, 1.165) is 38.7 Å². The Balaban J connectivity index is 0.00000441. The molecule has 22 heavy (non-hydrogen) atoms. The molecule has 4 nitrogen and oxygen atoms in total. The molecule has 126 valence electrons. The van der Waals surface area contributed by atoms with Gasteiger partial charge in [0.1, 0.15) is 0 Å². The molecule has 0 radical (unpaired) electrons. The fourth-order valence-corrected chi connectivity index (χ4v) is 2.18. The van der Waals surface area contributed by atoms with Crippen molar-refractivity contribution in [2.45, 2.75) is 31.7 Å². The SMILES string of the molecule is CCNC(=NCc1ccc(SC)cc1)NCCCOCC.I. The molecule has 0 bridgehead atoms. The van der Waals surface area contributed by atoms with E-state index >= 15 is 0 Å². The Labute approximate surface area is 155 Å². The van der Waals surface area contributed by atoms with Gasteiger partial charge in [-0.05, 0) is 44.2 Å². The molecule has 6 heteroatoms. The number of hydrogen-bond donors (Lipinski definition) is 2. The first-order chi connectivity index (χ1) is 10.3. The molecule has 0 amide bonds.